The molecule has 126 valence electrons. The van der Waals surface area contributed by atoms with Crippen LogP contribution >= 0.6 is 12.2 Å². The lowest BCUT2D eigenvalue weighted by Crippen LogP contribution is -2.33. The number of rotatable bonds is 10. The summed E-state index contributed by atoms with van der Waals surface area (Å²) in [5.41, 5.74) is 9.03. The number of unbranched alkanes of at least 4 members (excludes halogenated alkanes) is 1. The summed E-state index contributed by atoms with van der Waals surface area (Å²) in [5.74, 6) is 0. The smallest absolute Gasteiger partial charge is 0.404 e. The van der Waals surface area contributed by atoms with Crippen LogP contribution in [0.5, 0.6) is 0 Å². The van der Waals surface area contributed by atoms with E-state index in [-0.39, 0.29) is 11.2 Å². The highest BCUT2D eigenvalue weighted by Gasteiger charge is 2.10. The molecule has 1 aromatic carbocycles. The minimum Gasteiger partial charge on any atom is -0.465 e. The number of hydrogen-bond donors (Lipinski definition) is 4. The van der Waals surface area contributed by atoms with Crippen molar-refractivity contribution in [3.8, 4) is 0 Å². The van der Waals surface area contributed by atoms with Gasteiger partial charge in [-0.3, -0.25) is 5.43 Å². The molecule has 0 saturated heterocycles. The molecule has 0 aromatic heterocycles. The van der Waals surface area contributed by atoms with Crippen LogP contribution in [0.25, 0.3) is 0 Å². The summed E-state index contributed by atoms with van der Waals surface area (Å²) in [5, 5.41) is 15.4. The second-order valence-corrected chi connectivity index (χ2v) is 5.68. The molecule has 23 heavy (non-hydrogen) atoms. The van der Waals surface area contributed by atoms with Crippen LogP contribution < -0.4 is 16.5 Å². The van der Waals surface area contributed by atoms with Crippen LogP contribution in [0.15, 0.2) is 35.4 Å². The monoisotopic (exact) mass is 336 g/mol. The number of hydrogen-bond acceptors (Lipinski definition) is 3. The van der Waals surface area contributed by atoms with Crippen LogP contribution in [0.3, 0.4) is 0 Å². The van der Waals surface area contributed by atoms with E-state index in [2.05, 4.69) is 40.2 Å². The summed E-state index contributed by atoms with van der Waals surface area (Å²) in [6, 6.07) is 10.2. The SMILES string of the molecule is NC(=S)NN=CCCC(CCCCc1ccccc1)NC(=O)O. The second-order valence-electron chi connectivity index (χ2n) is 5.24. The quantitative estimate of drug-likeness (QED) is 0.228. The molecule has 5 N–H and O–H groups in total. The highest BCUT2D eigenvalue weighted by atomic mass is 32.1. The number of nitrogens with zero attached hydrogens (tertiary/aromatic N) is 1. The molecule has 0 heterocycles. The fourth-order valence-electron chi connectivity index (χ4n) is 2.28. The molecule has 1 aromatic rings. The normalized spacial score (nSPS) is 12.0. The summed E-state index contributed by atoms with van der Waals surface area (Å²) in [7, 11) is 0. The standard InChI is InChI=1S/C16H24N4O2S/c17-15(23)20-18-12-6-11-14(19-16(21)22)10-5-4-9-13-7-2-1-3-8-13/h1-3,7-8,12,14,19H,4-6,9-11H2,(H,21,22)(H3,17,20,23). The number of benzene rings is 1. The third-order valence-electron chi connectivity index (χ3n) is 3.35. The maximum Gasteiger partial charge on any atom is 0.404 e. The van der Waals surface area contributed by atoms with Crippen LogP contribution in [0, 0.1) is 0 Å². The maximum atomic E-state index is 10.9. The van der Waals surface area contributed by atoms with Gasteiger partial charge >= 0.3 is 6.09 Å². The molecule has 0 radical (unpaired) electrons. The minimum absolute atomic E-state index is 0.0699. The van der Waals surface area contributed by atoms with Crippen molar-refractivity contribution in [2.45, 2.75) is 44.6 Å². The summed E-state index contributed by atoms with van der Waals surface area (Å²) in [6.07, 6.45) is 5.85. The van der Waals surface area contributed by atoms with Crippen LogP contribution in [-0.2, 0) is 6.42 Å². The number of carboxylic acid groups (broad SMARTS) is 1. The molecular formula is C16H24N4O2S. The minimum atomic E-state index is -0.990. The van der Waals surface area contributed by atoms with Crippen LogP contribution in [0.1, 0.15) is 37.7 Å². The highest BCUT2D eigenvalue weighted by molar-refractivity contribution is 7.80. The first-order valence-electron chi connectivity index (χ1n) is 7.68. The molecule has 7 heteroatoms. The molecule has 0 saturated carbocycles. The van der Waals surface area contributed by atoms with E-state index >= 15 is 0 Å². The van der Waals surface area contributed by atoms with Gasteiger partial charge in [0.15, 0.2) is 5.11 Å². The van der Waals surface area contributed by atoms with Gasteiger partial charge in [0.25, 0.3) is 0 Å². The Bertz CT molecular complexity index is 508. The average molecular weight is 336 g/mol. The summed E-state index contributed by atoms with van der Waals surface area (Å²) >= 11 is 4.63. The lowest BCUT2D eigenvalue weighted by Gasteiger charge is -2.15. The van der Waals surface area contributed by atoms with Crippen LogP contribution in [-0.4, -0.2) is 28.6 Å². The van der Waals surface area contributed by atoms with E-state index in [0.717, 1.165) is 25.7 Å². The van der Waals surface area contributed by atoms with E-state index < -0.39 is 6.09 Å². The third kappa shape index (κ3) is 10.2. The van der Waals surface area contributed by atoms with Gasteiger partial charge in [0.05, 0.1) is 0 Å². The van der Waals surface area contributed by atoms with Crippen molar-refractivity contribution >= 4 is 29.6 Å². The van der Waals surface area contributed by atoms with E-state index in [1.807, 2.05) is 18.2 Å². The average Bonchev–Trinajstić information content (AvgIpc) is 2.51. The van der Waals surface area contributed by atoms with E-state index in [1.165, 1.54) is 5.56 Å². The molecule has 0 aliphatic heterocycles. The lowest BCUT2D eigenvalue weighted by atomic mass is 10.0. The van der Waals surface area contributed by atoms with E-state index in [4.69, 9.17) is 10.8 Å². The molecule has 0 bridgehead atoms. The first kappa shape index (κ1) is 18.9. The summed E-state index contributed by atoms with van der Waals surface area (Å²) in [6.45, 7) is 0. The Labute approximate surface area is 142 Å². The molecular weight excluding hydrogens is 312 g/mol. The van der Waals surface area contributed by atoms with Crippen molar-refractivity contribution in [2.24, 2.45) is 10.8 Å². The Morgan fingerprint density at radius 1 is 1.30 bits per heavy atom. The first-order chi connectivity index (χ1) is 11.1. The van der Waals surface area contributed by atoms with Crippen molar-refractivity contribution < 1.29 is 9.90 Å². The van der Waals surface area contributed by atoms with E-state index in [0.29, 0.717) is 12.8 Å². The van der Waals surface area contributed by atoms with Gasteiger partial charge in [-0.25, -0.2) is 4.79 Å². The zero-order valence-electron chi connectivity index (χ0n) is 13.1. The van der Waals surface area contributed by atoms with E-state index in [9.17, 15) is 4.79 Å². The second kappa shape index (κ2) is 11.4. The third-order valence-corrected chi connectivity index (χ3v) is 3.44. The number of hydrazone groups is 1. The van der Waals surface area contributed by atoms with Crippen molar-refractivity contribution in [3.05, 3.63) is 35.9 Å². The molecule has 0 aliphatic rings. The molecule has 0 spiro atoms. The van der Waals surface area contributed by atoms with Crippen molar-refractivity contribution in [1.82, 2.24) is 10.7 Å². The predicted molar refractivity (Wildman–Crippen MR) is 96.6 cm³/mol. The number of carbonyl (C=O) groups is 1. The fourth-order valence-corrected chi connectivity index (χ4v) is 2.33. The van der Waals surface area contributed by atoms with Crippen molar-refractivity contribution in [1.29, 1.82) is 0 Å². The number of thiocarbonyl (C=S) groups is 1. The van der Waals surface area contributed by atoms with Crippen LogP contribution in [0.4, 0.5) is 4.79 Å². The molecule has 1 amide bonds. The summed E-state index contributed by atoms with van der Waals surface area (Å²) in [4.78, 5) is 10.9. The van der Waals surface area contributed by atoms with Gasteiger partial charge < -0.3 is 16.2 Å². The Kier molecular flexibility index (Phi) is 9.38. The zero-order chi connectivity index (χ0) is 16.9. The lowest BCUT2D eigenvalue weighted by molar-refractivity contribution is 0.188. The largest absolute Gasteiger partial charge is 0.465 e. The van der Waals surface area contributed by atoms with E-state index in [1.54, 1.807) is 6.21 Å². The topological polar surface area (TPSA) is 99.7 Å². The predicted octanol–water partition coefficient (Wildman–Crippen LogP) is 2.63. The first-order valence-corrected chi connectivity index (χ1v) is 8.09. The van der Waals surface area contributed by atoms with Gasteiger partial charge in [-0.1, -0.05) is 36.8 Å². The zero-order valence-corrected chi connectivity index (χ0v) is 13.9. The van der Waals surface area contributed by atoms with Crippen molar-refractivity contribution in [3.63, 3.8) is 0 Å². The number of nitrogens with one attached hydrogen (secondary N) is 2. The highest BCUT2D eigenvalue weighted by Crippen LogP contribution is 2.10. The van der Waals surface area contributed by atoms with Crippen LogP contribution in [0.2, 0.25) is 0 Å². The molecule has 0 fully saturated rings. The van der Waals surface area contributed by atoms with Gasteiger partial charge in [-0.2, -0.15) is 5.10 Å². The Morgan fingerprint density at radius 3 is 2.70 bits per heavy atom. The van der Waals surface area contributed by atoms with Gasteiger partial charge in [0.2, 0.25) is 0 Å². The Hall–Kier alpha value is -2.15. The summed E-state index contributed by atoms with van der Waals surface area (Å²) < 4.78 is 0. The fraction of sp³-hybridized carbons (Fsp3) is 0.438. The number of nitrogens with two attached hydrogens (primary N) is 1. The molecule has 1 unspecified atom stereocenters. The Balaban J connectivity index is 2.26. The Morgan fingerprint density at radius 2 is 2.04 bits per heavy atom. The molecule has 0 aliphatic carbocycles. The molecule has 1 rings (SSSR count). The van der Waals surface area contributed by atoms with Gasteiger partial charge in [-0.05, 0) is 49.9 Å². The number of aryl methyl sites for hydroxylation is 1. The molecule has 1 atom stereocenters. The van der Waals surface area contributed by atoms with Gasteiger partial charge in [0.1, 0.15) is 0 Å². The number of amides is 1. The molecule has 6 nitrogen and oxygen atoms in total. The van der Waals surface area contributed by atoms with Gasteiger partial charge in [0, 0.05) is 12.3 Å². The maximum absolute atomic E-state index is 10.9. The van der Waals surface area contributed by atoms with Crippen molar-refractivity contribution in [2.75, 3.05) is 0 Å². The van der Waals surface area contributed by atoms with Gasteiger partial charge in [-0.15, -0.1) is 0 Å².